The molecule has 0 atom stereocenters. The van der Waals surface area contributed by atoms with Gasteiger partial charge in [-0.15, -0.1) is 0 Å². The second-order valence-corrected chi connectivity index (χ2v) is 6.91. The number of hydrogen-bond acceptors (Lipinski definition) is 6. The summed E-state index contributed by atoms with van der Waals surface area (Å²) in [5, 5.41) is 15.6. The number of pyridine rings is 1. The van der Waals surface area contributed by atoms with Gasteiger partial charge in [0.25, 0.3) is 17.5 Å². The van der Waals surface area contributed by atoms with Crippen molar-refractivity contribution in [2.24, 2.45) is 0 Å². The minimum absolute atomic E-state index is 0.0898. The van der Waals surface area contributed by atoms with Gasteiger partial charge in [-0.2, -0.15) is 5.10 Å². The number of aromatic nitrogens is 3. The summed E-state index contributed by atoms with van der Waals surface area (Å²) in [7, 11) is 0. The van der Waals surface area contributed by atoms with Gasteiger partial charge in [-0.1, -0.05) is 12.1 Å². The number of nitrogens with zero attached hydrogens (tertiary/aromatic N) is 5. The number of imide groups is 1. The molecule has 0 saturated carbocycles. The Kier molecular flexibility index (Phi) is 3.90. The number of halogens is 1. The molecule has 10 heteroatoms. The van der Waals surface area contributed by atoms with E-state index in [0.29, 0.717) is 11.1 Å². The molecule has 152 valence electrons. The average molecular weight is 417 g/mol. The fourth-order valence-electron chi connectivity index (χ4n) is 3.71. The lowest BCUT2D eigenvalue weighted by atomic mass is 10.1. The lowest BCUT2D eigenvalue weighted by Crippen LogP contribution is -2.29. The van der Waals surface area contributed by atoms with Crippen LogP contribution in [-0.2, 0) is 0 Å². The molecule has 0 N–H and O–H groups in total. The first kappa shape index (κ1) is 18.6. The zero-order valence-electron chi connectivity index (χ0n) is 15.9. The van der Waals surface area contributed by atoms with Crippen LogP contribution in [0.1, 0.15) is 26.4 Å². The zero-order valence-corrected chi connectivity index (χ0v) is 15.9. The number of aryl methyl sites for hydroxylation is 1. The molecule has 1 aliphatic heterocycles. The third-order valence-electron chi connectivity index (χ3n) is 5.12. The van der Waals surface area contributed by atoms with Crippen LogP contribution in [0, 0.1) is 22.9 Å². The van der Waals surface area contributed by atoms with Crippen LogP contribution in [0.15, 0.2) is 54.7 Å². The maximum absolute atomic E-state index is 14.3. The summed E-state index contributed by atoms with van der Waals surface area (Å²) in [5.41, 5.74) is 1.07. The van der Waals surface area contributed by atoms with Crippen LogP contribution in [0.4, 0.5) is 15.8 Å². The number of rotatable bonds is 3. The molecule has 0 radical (unpaired) electrons. The fraction of sp³-hybridized carbons (Fsp3) is 0.0476. The van der Waals surface area contributed by atoms with Crippen molar-refractivity contribution < 1.29 is 18.9 Å². The second-order valence-electron chi connectivity index (χ2n) is 6.91. The number of fused-ring (bicyclic) bond motifs is 3. The van der Waals surface area contributed by atoms with Crippen LogP contribution in [-0.4, -0.2) is 31.5 Å². The van der Waals surface area contributed by atoms with E-state index >= 15 is 0 Å². The van der Waals surface area contributed by atoms with E-state index in [0.717, 1.165) is 4.90 Å². The highest BCUT2D eigenvalue weighted by atomic mass is 19.1. The molecule has 2 amide bonds. The molecule has 1 aliphatic rings. The summed E-state index contributed by atoms with van der Waals surface area (Å²) >= 11 is 0. The van der Waals surface area contributed by atoms with E-state index in [1.165, 1.54) is 47.3 Å². The van der Waals surface area contributed by atoms with Gasteiger partial charge in [0.15, 0.2) is 5.65 Å². The summed E-state index contributed by atoms with van der Waals surface area (Å²) in [6.45, 7) is 1.65. The molecule has 0 spiro atoms. The number of amides is 2. The van der Waals surface area contributed by atoms with Crippen molar-refractivity contribution >= 4 is 34.2 Å². The first-order valence-electron chi connectivity index (χ1n) is 9.15. The molecular formula is C21H12FN5O4. The Hall–Kier alpha value is -4.47. The standard InChI is InChI=1S/C21H12FN5O4/c1-11-17-18-14(10-23-19(17)26(24-11)16-5-3-2-4-15(16)22)20(28)25(21(18)29)12-6-8-13(9-7-12)27(30)31/h2-10H,1H3. The van der Waals surface area contributed by atoms with Gasteiger partial charge >= 0.3 is 0 Å². The van der Waals surface area contributed by atoms with Crippen LogP contribution in [0.3, 0.4) is 0 Å². The average Bonchev–Trinajstić information content (AvgIpc) is 3.22. The number of nitro benzene ring substituents is 1. The van der Waals surface area contributed by atoms with Gasteiger partial charge in [0.2, 0.25) is 0 Å². The van der Waals surface area contributed by atoms with Crippen molar-refractivity contribution in [2.75, 3.05) is 4.90 Å². The predicted molar refractivity (Wildman–Crippen MR) is 108 cm³/mol. The van der Waals surface area contributed by atoms with Crippen LogP contribution >= 0.6 is 0 Å². The summed E-state index contributed by atoms with van der Waals surface area (Å²) in [4.78, 5) is 41.7. The second kappa shape index (κ2) is 6.52. The summed E-state index contributed by atoms with van der Waals surface area (Å²) < 4.78 is 15.6. The van der Waals surface area contributed by atoms with E-state index in [1.807, 2.05) is 0 Å². The van der Waals surface area contributed by atoms with Gasteiger partial charge in [0, 0.05) is 18.3 Å². The van der Waals surface area contributed by atoms with Gasteiger partial charge in [-0.05, 0) is 31.2 Å². The van der Waals surface area contributed by atoms with E-state index in [4.69, 9.17) is 0 Å². The molecule has 0 bridgehead atoms. The number of carbonyl (C=O) groups is 2. The predicted octanol–water partition coefficient (Wildman–Crippen LogP) is 3.58. The minimum Gasteiger partial charge on any atom is -0.268 e. The maximum atomic E-state index is 14.3. The van der Waals surface area contributed by atoms with Gasteiger partial charge in [0.05, 0.1) is 32.8 Å². The molecule has 0 unspecified atom stereocenters. The lowest BCUT2D eigenvalue weighted by Gasteiger charge is -2.13. The van der Waals surface area contributed by atoms with E-state index in [-0.39, 0.29) is 33.8 Å². The van der Waals surface area contributed by atoms with Crippen LogP contribution in [0.2, 0.25) is 0 Å². The number of hydrogen-bond donors (Lipinski definition) is 0. The molecule has 0 saturated heterocycles. The van der Waals surface area contributed by atoms with Crippen molar-refractivity contribution in [3.8, 4) is 5.69 Å². The number of non-ortho nitro benzene ring substituents is 1. The van der Waals surface area contributed by atoms with Gasteiger partial charge < -0.3 is 0 Å². The fourth-order valence-corrected chi connectivity index (χ4v) is 3.71. The number of nitro groups is 1. The van der Waals surface area contributed by atoms with Crippen molar-refractivity contribution in [2.45, 2.75) is 6.92 Å². The SMILES string of the molecule is Cc1nn(-c2ccccc2F)c2ncc3c(c12)C(=O)N(c1ccc([N+](=O)[O-])cc1)C3=O. The molecule has 0 aliphatic carbocycles. The third kappa shape index (κ3) is 2.61. The summed E-state index contributed by atoms with van der Waals surface area (Å²) in [6, 6.07) is 11.1. The molecule has 2 aromatic carbocycles. The normalized spacial score (nSPS) is 13.2. The van der Waals surface area contributed by atoms with Gasteiger partial charge in [0.1, 0.15) is 11.5 Å². The van der Waals surface area contributed by atoms with E-state index in [9.17, 15) is 24.1 Å². The molecule has 0 fully saturated rings. The van der Waals surface area contributed by atoms with E-state index < -0.39 is 22.6 Å². The molecule has 31 heavy (non-hydrogen) atoms. The minimum atomic E-state index is -0.600. The van der Waals surface area contributed by atoms with Crippen molar-refractivity contribution in [3.63, 3.8) is 0 Å². The number of anilines is 1. The first-order valence-corrected chi connectivity index (χ1v) is 9.15. The van der Waals surface area contributed by atoms with Crippen LogP contribution in [0.25, 0.3) is 16.7 Å². The summed E-state index contributed by atoms with van der Waals surface area (Å²) in [6.07, 6.45) is 1.27. The number of benzene rings is 2. The van der Waals surface area contributed by atoms with Crippen molar-refractivity contribution in [1.82, 2.24) is 14.8 Å². The number of carbonyl (C=O) groups excluding carboxylic acids is 2. The van der Waals surface area contributed by atoms with Gasteiger partial charge in [-0.3, -0.25) is 19.7 Å². The number of para-hydroxylation sites is 1. The van der Waals surface area contributed by atoms with E-state index in [2.05, 4.69) is 10.1 Å². The van der Waals surface area contributed by atoms with Crippen LogP contribution < -0.4 is 4.90 Å². The van der Waals surface area contributed by atoms with Crippen LogP contribution in [0.5, 0.6) is 0 Å². The highest BCUT2D eigenvalue weighted by Gasteiger charge is 2.40. The first-order chi connectivity index (χ1) is 14.9. The molecule has 9 nitrogen and oxygen atoms in total. The van der Waals surface area contributed by atoms with Crippen molar-refractivity contribution in [3.05, 3.63) is 87.5 Å². The monoisotopic (exact) mass is 417 g/mol. The highest BCUT2D eigenvalue weighted by Crippen LogP contribution is 2.35. The molecule has 5 rings (SSSR count). The zero-order chi connectivity index (χ0) is 21.9. The smallest absolute Gasteiger partial charge is 0.268 e. The van der Waals surface area contributed by atoms with Crippen molar-refractivity contribution in [1.29, 1.82) is 0 Å². The maximum Gasteiger partial charge on any atom is 0.269 e. The molecule has 3 heterocycles. The largest absolute Gasteiger partial charge is 0.269 e. The Morgan fingerprint density at radius 2 is 1.74 bits per heavy atom. The third-order valence-corrected chi connectivity index (χ3v) is 5.12. The van der Waals surface area contributed by atoms with E-state index in [1.54, 1.807) is 19.1 Å². The Morgan fingerprint density at radius 1 is 1.03 bits per heavy atom. The lowest BCUT2D eigenvalue weighted by molar-refractivity contribution is -0.384. The Labute approximate surface area is 173 Å². The molecule has 2 aromatic heterocycles. The summed E-state index contributed by atoms with van der Waals surface area (Å²) in [5.74, 6) is -1.71. The molecule has 4 aromatic rings. The quantitative estimate of drug-likeness (QED) is 0.286. The Morgan fingerprint density at radius 3 is 2.42 bits per heavy atom. The Bertz CT molecular complexity index is 1430. The topological polar surface area (TPSA) is 111 Å². The highest BCUT2D eigenvalue weighted by molar-refractivity contribution is 6.37. The molecular weight excluding hydrogens is 405 g/mol. The van der Waals surface area contributed by atoms with Gasteiger partial charge in [-0.25, -0.2) is 19.0 Å². The Balaban J connectivity index is 1.67.